The highest BCUT2D eigenvalue weighted by Gasteiger charge is 2.18. The molecule has 1 saturated heterocycles. The standard InChI is InChI=1S/C17H28N2O/c1-17(2,3)16-6-4-5-15(13-16)14-19-9-7-18(8-10-19)11-12-20/h4-6,13,20H,7-12,14H2,1-3H3. The molecule has 3 nitrogen and oxygen atoms in total. The molecule has 1 fully saturated rings. The van der Waals surface area contributed by atoms with Gasteiger partial charge in [-0.05, 0) is 16.5 Å². The van der Waals surface area contributed by atoms with Crippen molar-refractivity contribution in [3.05, 3.63) is 35.4 Å². The van der Waals surface area contributed by atoms with Gasteiger partial charge in [0.15, 0.2) is 0 Å². The average Bonchev–Trinajstić information content (AvgIpc) is 2.41. The van der Waals surface area contributed by atoms with Crippen molar-refractivity contribution in [2.45, 2.75) is 32.7 Å². The molecule has 1 aliphatic rings. The third-order valence-electron chi connectivity index (χ3n) is 4.08. The maximum atomic E-state index is 8.97. The van der Waals surface area contributed by atoms with Crippen LogP contribution in [-0.4, -0.2) is 54.2 Å². The topological polar surface area (TPSA) is 26.7 Å². The van der Waals surface area contributed by atoms with Gasteiger partial charge in [-0.1, -0.05) is 45.0 Å². The summed E-state index contributed by atoms with van der Waals surface area (Å²) in [5.74, 6) is 0. The molecule has 1 aromatic rings. The fourth-order valence-corrected chi connectivity index (χ4v) is 2.71. The van der Waals surface area contributed by atoms with Crippen LogP contribution in [0.2, 0.25) is 0 Å². The maximum absolute atomic E-state index is 8.97. The lowest BCUT2D eigenvalue weighted by molar-refractivity contribution is 0.108. The molecule has 1 N–H and O–H groups in total. The number of rotatable bonds is 4. The normalized spacial score (nSPS) is 18.4. The molecule has 0 unspecified atom stereocenters. The zero-order chi connectivity index (χ0) is 14.6. The first kappa shape index (κ1) is 15.5. The molecule has 0 bridgehead atoms. The van der Waals surface area contributed by atoms with Crippen LogP contribution >= 0.6 is 0 Å². The van der Waals surface area contributed by atoms with Crippen LogP contribution in [0.3, 0.4) is 0 Å². The second-order valence-electron chi connectivity index (χ2n) is 6.79. The zero-order valence-electron chi connectivity index (χ0n) is 13.1. The van der Waals surface area contributed by atoms with Crippen molar-refractivity contribution in [1.29, 1.82) is 0 Å². The number of nitrogens with zero attached hydrogens (tertiary/aromatic N) is 2. The number of aliphatic hydroxyl groups excluding tert-OH is 1. The first-order valence-corrected chi connectivity index (χ1v) is 7.64. The zero-order valence-corrected chi connectivity index (χ0v) is 13.1. The van der Waals surface area contributed by atoms with Crippen LogP contribution in [0.25, 0.3) is 0 Å². The van der Waals surface area contributed by atoms with Crippen LogP contribution < -0.4 is 0 Å². The van der Waals surface area contributed by atoms with Gasteiger partial charge < -0.3 is 5.11 Å². The lowest BCUT2D eigenvalue weighted by Crippen LogP contribution is -2.46. The second-order valence-corrected chi connectivity index (χ2v) is 6.79. The van der Waals surface area contributed by atoms with Crippen LogP contribution in [0.4, 0.5) is 0 Å². The monoisotopic (exact) mass is 276 g/mol. The molecule has 1 aromatic carbocycles. The van der Waals surface area contributed by atoms with Crippen molar-refractivity contribution in [2.75, 3.05) is 39.3 Å². The quantitative estimate of drug-likeness (QED) is 0.912. The molecule has 0 aromatic heterocycles. The summed E-state index contributed by atoms with van der Waals surface area (Å²) in [5.41, 5.74) is 3.04. The number of hydrogen-bond donors (Lipinski definition) is 1. The van der Waals surface area contributed by atoms with Crippen molar-refractivity contribution in [3.63, 3.8) is 0 Å². The highest BCUT2D eigenvalue weighted by molar-refractivity contribution is 5.28. The molecule has 0 amide bonds. The summed E-state index contributed by atoms with van der Waals surface area (Å²) in [6.07, 6.45) is 0. The highest BCUT2D eigenvalue weighted by atomic mass is 16.3. The van der Waals surface area contributed by atoms with E-state index in [1.165, 1.54) is 11.1 Å². The summed E-state index contributed by atoms with van der Waals surface area (Å²) >= 11 is 0. The molecule has 0 radical (unpaired) electrons. The third-order valence-corrected chi connectivity index (χ3v) is 4.08. The minimum Gasteiger partial charge on any atom is -0.395 e. The molecule has 2 rings (SSSR count). The van der Waals surface area contributed by atoms with Crippen molar-refractivity contribution in [1.82, 2.24) is 9.80 Å². The van der Waals surface area contributed by atoms with E-state index in [0.717, 1.165) is 39.3 Å². The molecular formula is C17H28N2O. The van der Waals surface area contributed by atoms with Gasteiger partial charge in [-0.25, -0.2) is 0 Å². The van der Waals surface area contributed by atoms with Gasteiger partial charge in [0.2, 0.25) is 0 Å². The molecule has 0 spiro atoms. The Morgan fingerprint density at radius 2 is 1.70 bits per heavy atom. The van der Waals surface area contributed by atoms with Gasteiger partial charge in [-0.2, -0.15) is 0 Å². The van der Waals surface area contributed by atoms with Gasteiger partial charge >= 0.3 is 0 Å². The molecule has 20 heavy (non-hydrogen) atoms. The van der Waals surface area contributed by atoms with E-state index in [0.29, 0.717) is 0 Å². The summed E-state index contributed by atoms with van der Waals surface area (Å²) in [6, 6.07) is 8.98. The van der Waals surface area contributed by atoms with Crippen LogP contribution in [-0.2, 0) is 12.0 Å². The Morgan fingerprint density at radius 1 is 1.05 bits per heavy atom. The Bertz CT molecular complexity index is 417. The van der Waals surface area contributed by atoms with Crippen molar-refractivity contribution in [3.8, 4) is 0 Å². The van der Waals surface area contributed by atoms with Crippen molar-refractivity contribution < 1.29 is 5.11 Å². The van der Waals surface area contributed by atoms with Gasteiger partial charge in [0.25, 0.3) is 0 Å². The van der Waals surface area contributed by atoms with E-state index in [1.54, 1.807) is 0 Å². The number of β-amino-alcohol motifs (C(OH)–C–C–N with tert-alkyl or cyclic N) is 1. The number of benzene rings is 1. The van der Waals surface area contributed by atoms with E-state index in [-0.39, 0.29) is 12.0 Å². The second kappa shape index (κ2) is 6.70. The summed E-state index contributed by atoms with van der Waals surface area (Å²) in [6.45, 7) is 13.2. The minimum absolute atomic E-state index is 0.218. The van der Waals surface area contributed by atoms with Gasteiger partial charge in [0, 0.05) is 39.3 Å². The Kier molecular flexibility index (Phi) is 5.19. The molecule has 0 saturated carbocycles. The predicted octanol–water partition coefficient (Wildman–Crippen LogP) is 2.09. The van der Waals surface area contributed by atoms with Gasteiger partial charge in [-0.15, -0.1) is 0 Å². The minimum atomic E-state index is 0.218. The molecule has 1 heterocycles. The summed E-state index contributed by atoms with van der Waals surface area (Å²) in [5, 5.41) is 8.97. The molecule has 0 aliphatic carbocycles. The first-order valence-electron chi connectivity index (χ1n) is 7.64. The average molecular weight is 276 g/mol. The lowest BCUT2D eigenvalue weighted by atomic mass is 9.86. The fourth-order valence-electron chi connectivity index (χ4n) is 2.71. The SMILES string of the molecule is CC(C)(C)c1cccc(CN2CCN(CCO)CC2)c1. The van der Waals surface area contributed by atoms with E-state index < -0.39 is 0 Å². The molecule has 1 aliphatic heterocycles. The van der Waals surface area contributed by atoms with Gasteiger partial charge in [0.1, 0.15) is 0 Å². The van der Waals surface area contributed by atoms with Crippen LogP contribution in [0.5, 0.6) is 0 Å². The molecule has 3 heteroatoms. The number of hydrogen-bond acceptors (Lipinski definition) is 3. The fraction of sp³-hybridized carbons (Fsp3) is 0.647. The molecule has 0 atom stereocenters. The van der Waals surface area contributed by atoms with Crippen molar-refractivity contribution in [2.24, 2.45) is 0 Å². The maximum Gasteiger partial charge on any atom is 0.0558 e. The Labute approximate surface area is 123 Å². The number of piperazine rings is 1. The van der Waals surface area contributed by atoms with Crippen LogP contribution in [0.1, 0.15) is 31.9 Å². The third kappa shape index (κ3) is 4.30. The van der Waals surface area contributed by atoms with Crippen LogP contribution in [0.15, 0.2) is 24.3 Å². The number of aliphatic hydroxyl groups is 1. The summed E-state index contributed by atoms with van der Waals surface area (Å²) in [4.78, 5) is 4.84. The van der Waals surface area contributed by atoms with E-state index in [9.17, 15) is 0 Å². The van der Waals surface area contributed by atoms with Crippen molar-refractivity contribution >= 4 is 0 Å². The Morgan fingerprint density at radius 3 is 2.30 bits per heavy atom. The smallest absolute Gasteiger partial charge is 0.0558 e. The largest absolute Gasteiger partial charge is 0.395 e. The lowest BCUT2D eigenvalue weighted by Gasteiger charge is -2.34. The summed E-state index contributed by atoms with van der Waals surface area (Å²) < 4.78 is 0. The van der Waals surface area contributed by atoms with E-state index >= 15 is 0 Å². The molecular weight excluding hydrogens is 248 g/mol. The van der Waals surface area contributed by atoms with Gasteiger partial charge in [0.05, 0.1) is 6.61 Å². The predicted molar refractivity (Wildman–Crippen MR) is 83.9 cm³/mol. The van der Waals surface area contributed by atoms with E-state index in [1.807, 2.05) is 0 Å². The van der Waals surface area contributed by atoms with Crippen LogP contribution in [0, 0.1) is 0 Å². The highest BCUT2D eigenvalue weighted by Crippen LogP contribution is 2.23. The first-order chi connectivity index (χ1) is 9.49. The Balaban J connectivity index is 1.91. The van der Waals surface area contributed by atoms with Gasteiger partial charge in [-0.3, -0.25) is 9.80 Å². The molecule has 112 valence electrons. The Hall–Kier alpha value is -0.900. The summed E-state index contributed by atoms with van der Waals surface area (Å²) in [7, 11) is 0. The van der Waals surface area contributed by atoms with E-state index in [4.69, 9.17) is 5.11 Å². The van der Waals surface area contributed by atoms with E-state index in [2.05, 4.69) is 54.8 Å².